The van der Waals surface area contributed by atoms with Crippen molar-refractivity contribution in [3.8, 4) is 11.5 Å². The number of nitrogens with zero attached hydrogens (tertiary/aromatic N) is 1. The number of aromatic hydroxyl groups is 1. The average molecular weight is 453 g/mol. The highest BCUT2D eigenvalue weighted by Crippen LogP contribution is 2.23. The van der Waals surface area contributed by atoms with Crippen LogP contribution < -0.4 is 10.2 Å². The van der Waals surface area contributed by atoms with Gasteiger partial charge in [-0.25, -0.2) is 10.2 Å². The van der Waals surface area contributed by atoms with Crippen LogP contribution in [0.25, 0.3) is 0 Å². The normalized spacial score (nSPS) is 10.7. The molecule has 0 heterocycles. The third-order valence-corrected chi connectivity index (χ3v) is 4.44. The molecule has 0 bridgehead atoms. The van der Waals surface area contributed by atoms with E-state index in [0.717, 1.165) is 10.0 Å². The fourth-order valence-electron chi connectivity index (χ4n) is 2.53. The fourth-order valence-corrected chi connectivity index (χ4v) is 2.91. The van der Waals surface area contributed by atoms with Gasteiger partial charge in [-0.05, 0) is 49.4 Å². The summed E-state index contributed by atoms with van der Waals surface area (Å²) in [5.41, 5.74) is 4.31. The Bertz CT molecular complexity index is 1100. The molecule has 7 heteroatoms. The van der Waals surface area contributed by atoms with Crippen LogP contribution in [0, 0.1) is 6.92 Å². The summed E-state index contributed by atoms with van der Waals surface area (Å²) >= 11 is 3.36. The van der Waals surface area contributed by atoms with Crippen LogP contribution in [0.15, 0.2) is 76.3 Å². The largest absolute Gasteiger partial charge is 0.507 e. The molecule has 0 atom stereocenters. The molecule has 0 aliphatic carbocycles. The average Bonchev–Trinajstić information content (AvgIpc) is 2.70. The first-order valence-corrected chi connectivity index (χ1v) is 9.43. The lowest BCUT2D eigenvalue weighted by molar-refractivity contribution is 0.0734. The molecule has 0 aliphatic heterocycles. The van der Waals surface area contributed by atoms with Crippen LogP contribution >= 0.6 is 15.9 Å². The highest BCUT2D eigenvalue weighted by molar-refractivity contribution is 9.10. The molecule has 2 N–H and O–H groups in total. The van der Waals surface area contributed by atoms with Gasteiger partial charge < -0.3 is 9.84 Å². The maximum absolute atomic E-state index is 12.4. The van der Waals surface area contributed by atoms with E-state index in [2.05, 4.69) is 26.5 Å². The van der Waals surface area contributed by atoms with Gasteiger partial charge in [0.2, 0.25) is 0 Å². The Kier molecular flexibility index (Phi) is 6.41. The Morgan fingerprint density at radius 2 is 1.86 bits per heavy atom. The fraction of sp³-hybridized carbons (Fsp3) is 0.0455. The van der Waals surface area contributed by atoms with E-state index in [1.165, 1.54) is 18.3 Å². The third-order valence-electron chi connectivity index (χ3n) is 3.95. The second kappa shape index (κ2) is 9.16. The number of para-hydroxylation sites is 1. The first-order chi connectivity index (χ1) is 13.9. The first-order valence-electron chi connectivity index (χ1n) is 8.64. The first kappa shape index (κ1) is 20.3. The number of carbonyl (C=O) groups is 2. The van der Waals surface area contributed by atoms with Crippen molar-refractivity contribution in [2.75, 3.05) is 0 Å². The second-order valence-electron chi connectivity index (χ2n) is 6.16. The standard InChI is InChI=1S/C22H17BrN2O4/c1-14-5-4-6-15(11-14)22(28)29-20-10-9-17(23)12-16(20)13-24-25-21(27)18-7-2-3-8-19(18)26/h2-13,26H,1H3,(H,25,27)/b24-13+. The number of carbonyl (C=O) groups excluding carboxylic acids is 2. The number of hydrazone groups is 1. The van der Waals surface area contributed by atoms with Gasteiger partial charge in [-0.2, -0.15) is 5.10 Å². The maximum Gasteiger partial charge on any atom is 0.343 e. The monoisotopic (exact) mass is 452 g/mol. The molecule has 0 aromatic heterocycles. The van der Waals surface area contributed by atoms with E-state index in [4.69, 9.17) is 4.74 Å². The maximum atomic E-state index is 12.4. The number of hydrogen-bond acceptors (Lipinski definition) is 5. The molecule has 0 saturated heterocycles. The summed E-state index contributed by atoms with van der Waals surface area (Å²) < 4.78 is 6.25. The predicted octanol–water partition coefficient (Wildman–Crippen LogP) is 4.45. The molecule has 0 spiro atoms. The predicted molar refractivity (Wildman–Crippen MR) is 113 cm³/mol. The number of hydrogen-bond donors (Lipinski definition) is 2. The number of ether oxygens (including phenoxy) is 1. The van der Waals surface area contributed by atoms with Crippen LogP contribution in [0.2, 0.25) is 0 Å². The van der Waals surface area contributed by atoms with Crippen molar-refractivity contribution < 1.29 is 19.4 Å². The van der Waals surface area contributed by atoms with Crippen LogP contribution in [0.1, 0.15) is 31.8 Å². The van der Waals surface area contributed by atoms with Gasteiger partial charge in [-0.15, -0.1) is 0 Å². The third kappa shape index (κ3) is 5.30. The number of phenols is 1. The van der Waals surface area contributed by atoms with Gasteiger partial charge in [0, 0.05) is 10.0 Å². The summed E-state index contributed by atoms with van der Waals surface area (Å²) in [7, 11) is 0. The lowest BCUT2D eigenvalue weighted by Gasteiger charge is -2.08. The summed E-state index contributed by atoms with van der Waals surface area (Å²) in [6.07, 6.45) is 1.36. The molecular formula is C22H17BrN2O4. The number of benzene rings is 3. The zero-order valence-electron chi connectivity index (χ0n) is 15.4. The Labute approximate surface area is 176 Å². The van der Waals surface area contributed by atoms with E-state index >= 15 is 0 Å². The number of phenolic OH excluding ortho intramolecular Hbond substituents is 1. The molecule has 29 heavy (non-hydrogen) atoms. The summed E-state index contributed by atoms with van der Waals surface area (Å²) in [6, 6.07) is 18.3. The van der Waals surface area contributed by atoms with Crippen molar-refractivity contribution in [3.05, 3.63) is 93.5 Å². The minimum atomic E-state index is -0.562. The minimum Gasteiger partial charge on any atom is -0.507 e. The SMILES string of the molecule is Cc1cccc(C(=O)Oc2ccc(Br)cc2/C=N/NC(=O)c2ccccc2O)c1. The van der Waals surface area contributed by atoms with Crippen LogP contribution in [0.5, 0.6) is 11.5 Å². The van der Waals surface area contributed by atoms with Crippen molar-refractivity contribution in [1.29, 1.82) is 0 Å². The second-order valence-corrected chi connectivity index (χ2v) is 7.07. The van der Waals surface area contributed by atoms with Crippen molar-refractivity contribution in [2.45, 2.75) is 6.92 Å². The molecular weight excluding hydrogens is 436 g/mol. The number of esters is 1. The molecule has 6 nitrogen and oxygen atoms in total. The van der Waals surface area contributed by atoms with Crippen molar-refractivity contribution in [2.24, 2.45) is 5.10 Å². The van der Waals surface area contributed by atoms with Gasteiger partial charge in [-0.3, -0.25) is 4.79 Å². The van der Waals surface area contributed by atoms with E-state index in [1.807, 2.05) is 13.0 Å². The molecule has 146 valence electrons. The Morgan fingerprint density at radius 3 is 2.62 bits per heavy atom. The lowest BCUT2D eigenvalue weighted by atomic mass is 10.1. The Morgan fingerprint density at radius 1 is 1.07 bits per heavy atom. The molecule has 0 radical (unpaired) electrons. The summed E-state index contributed by atoms with van der Waals surface area (Å²) in [5, 5.41) is 13.6. The minimum absolute atomic E-state index is 0.102. The molecule has 3 aromatic rings. The van der Waals surface area contributed by atoms with E-state index < -0.39 is 11.9 Å². The van der Waals surface area contributed by atoms with E-state index in [9.17, 15) is 14.7 Å². The van der Waals surface area contributed by atoms with Crippen LogP contribution in [-0.4, -0.2) is 23.2 Å². The Hall–Kier alpha value is -3.45. The number of aryl methyl sites for hydroxylation is 1. The van der Waals surface area contributed by atoms with E-state index in [0.29, 0.717) is 16.9 Å². The molecule has 1 amide bonds. The topological polar surface area (TPSA) is 88.0 Å². The smallest absolute Gasteiger partial charge is 0.343 e. The summed E-state index contributed by atoms with van der Waals surface area (Å²) in [5.74, 6) is -0.910. The van der Waals surface area contributed by atoms with Gasteiger partial charge >= 0.3 is 5.97 Å². The zero-order valence-corrected chi connectivity index (χ0v) is 17.0. The highest BCUT2D eigenvalue weighted by Gasteiger charge is 2.12. The van der Waals surface area contributed by atoms with Crippen LogP contribution in [0.3, 0.4) is 0 Å². The summed E-state index contributed by atoms with van der Waals surface area (Å²) in [4.78, 5) is 24.6. The van der Waals surface area contributed by atoms with Gasteiger partial charge in [0.1, 0.15) is 11.5 Å². The molecule has 3 rings (SSSR count). The molecule has 0 fully saturated rings. The zero-order chi connectivity index (χ0) is 20.8. The quantitative estimate of drug-likeness (QED) is 0.259. The van der Waals surface area contributed by atoms with E-state index in [1.54, 1.807) is 48.5 Å². The number of nitrogens with one attached hydrogen (secondary N) is 1. The van der Waals surface area contributed by atoms with Gasteiger partial charge in [0.25, 0.3) is 5.91 Å². The molecule has 0 saturated carbocycles. The van der Waals surface area contributed by atoms with Gasteiger partial charge in [-0.1, -0.05) is 45.8 Å². The lowest BCUT2D eigenvalue weighted by Crippen LogP contribution is -2.17. The number of halogens is 1. The molecule has 0 unspecified atom stereocenters. The summed E-state index contributed by atoms with van der Waals surface area (Å²) in [6.45, 7) is 1.89. The van der Waals surface area contributed by atoms with Crippen molar-refractivity contribution in [3.63, 3.8) is 0 Å². The van der Waals surface area contributed by atoms with Crippen LogP contribution in [-0.2, 0) is 0 Å². The van der Waals surface area contributed by atoms with Crippen LogP contribution in [0.4, 0.5) is 0 Å². The van der Waals surface area contributed by atoms with Crippen molar-refractivity contribution in [1.82, 2.24) is 5.43 Å². The highest BCUT2D eigenvalue weighted by atomic mass is 79.9. The van der Waals surface area contributed by atoms with E-state index in [-0.39, 0.29) is 11.3 Å². The van der Waals surface area contributed by atoms with Gasteiger partial charge in [0.05, 0.1) is 17.3 Å². The van der Waals surface area contributed by atoms with Crippen molar-refractivity contribution >= 4 is 34.0 Å². The number of rotatable bonds is 5. The van der Waals surface area contributed by atoms with Gasteiger partial charge in [0.15, 0.2) is 0 Å². The Balaban J connectivity index is 1.76. The molecule has 0 aliphatic rings. The number of amides is 1. The molecule has 3 aromatic carbocycles.